The minimum absolute atomic E-state index is 0.0517. The number of carbonyl (C=O) groups excluding carboxylic acids is 1. The van der Waals surface area contributed by atoms with Crippen LogP contribution in [0, 0.1) is 0 Å². The predicted molar refractivity (Wildman–Crippen MR) is 79.1 cm³/mol. The summed E-state index contributed by atoms with van der Waals surface area (Å²) >= 11 is 6.06. The Morgan fingerprint density at radius 2 is 2.10 bits per heavy atom. The van der Waals surface area contributed by atoms with E-state index in [1.807, 2.05) is 23.1 Å². The number of fused-ring (bicyclic) bond motifs is 1. The lowest BCUT2D eigenvalue weighted by molar-refractivity contribution is -0.133. The smallest absolute Gasteiger partial charge is 0.241 e. The van der Waals surface area contributed by atoms with Crippen LogP contribution in [0.3, 0.4) is 0 Å². The summed E-state index contributed by atoms with van der Waals surface area (Å²) in [7, 11) is 0. The van der Waals surface area contributed by atoms with Gasteiger partial charge in [-0.3, -0.25) is 4.79 Å². The van der Waals surface area contributed by atoms with Crippen molar-refractivity contribution >= 4 is 17.5 Å². The van der Waals surface area contributed by atoms with E-state index >= 15 is 0 Å². The second-order valence-corrected chi connectivity index (χ2v) is 6.29. The van der Waals surface area contributed by atoms with Gasteiger partial charge in [0.05, 0.1) is 12.6 Å². The zero-order valence-corrected chi connectivity index (χ0v) is 12.5. The fourth-order valence-electron chi connectivity index (χ4n) is 2.94. The van der Waals surface area contributed by atoms with Crippen LogP contribution in [0.2, 0.25) is 0 Å². The Labute approximate surface area is 124 Å². The van der Waals surface area contributed by atoms with Gasteiger partial charge in [0.25, 0.3) is 0 Å². The van der Waals surface area contributed by atoms with E-state index in [1.54, 1.807) is 6.92 Å². The fraction of sp³-hybridized carbons (Fsp3) is 0.562. The van der Waals surface area contributed by atoms with Crippen LogP contribution in [0.1, 0.15) is 44.2 Å². The topological polar surface area (TPSA) is 29.5 Å². The van der Waals surface area contributed by atoms with Gasteiger partial charge in [0.2, 0.25) is 5.91 Å². The largest absolute Gasteiger partial charge is 0.493 e. The predicted octanol–water partition coefficient (Wildman–Crippen LogP) is 3.52. The molecule has 1 heterocycles. The van der Waals surface area contributed by atoms with Gasteiger partial charge < -0.3 is 9.64 Å². The van der Waals surface area contributed by atoms with Gasteiger partial charge in [0.15, 0.2) is 0 Å². The lowest BCUT2D eigenvalue weighted by atomic mass is 9.99. The number of nitrogens with zero attached hydrogens (tertiary/aromatic N) is 1. The number of amides is 1. The van der Waals surface area contributed by atoms with Crippen molar-refractivity contribution in [2.24, 2.45) is 0 Å². The lowest BCUT2D eigenvalue weighted by Crippen LogP contribution is -2.40. The molecule has 1 fully saturated rings. The van der Waals surface area contributed by atoms with Crippen LogP contribution in [-0.4, -0.2) is 28.8 Å². The number of ether oxygens (including phenoxy) is 1. The van der Waals surface area contributed by atoms with Crippen molar-refractivity contribution in [3.8, 4) is 5.75 Å². The van der Waals surface area contributed by atoms with Crippen molar-refractivity contribution in [3.05, 3.63) is 29.8 Å². The SMILES string of the molecule is CC(Cl)C(=O)N(C1CC1)C1CCCOc2ccccc21. The molecule has 20 heavy (non-hydrogen) atoms. The minimum atomic E-state index is -0.466. The van der Waals surface area contributed by atoms with Crippen LogP contribution in [0.4, 0.5) is 0 Å². The molecule has 108 valence electrons. The second-order valence-electron chi connectivity index (χ2n) is 5.64. The first-order chi connectivity index (χ1) is 9.68. The Morgan fingerprint density at radius 1 is 1.35 bits per heavy atom. The van der Waals surface area contributed by atoms with E-state index in [1.165, 1.54) is 0 Å². The number of hydrogen-bond donors (Lipinski definition) is 0. The molecule has 3 nitrogen and oxygen atoms in total. The summed E-state index contributed by atoms with van der Waals surface area (Å²) in [5.74, 6) is 0.964. The Kier molecular flexibility index (Phi) is 3.88. The first kappa shape index (κ1) is 13.7. The van der Waals surface area contributed by atoms with E-state index in [0.717, 1.165) is 43.6 Å². The molecule has 2 unspecified atom stereocenters. The van der Waals surface area contributed by atoms with Gasteiger partial charge in [-0.1, -0.05) is 18.2 Å². The van der Waals surface area contributed by atoms with Crippen LogP contribution in [0.25, 0.3) is 0 Å². The maximum absolute atomic E-state index is 12.5. The van der Waals surface area contributed by atoms with Crippen LogP contribution in [-0.2, 0) is 4.79 Å². The van der Waals surface area contributed by atoms with Gasteiger partial charge in [-0.15, -0.1) is 11.6 Å². The van der Waals surface area contributed by atoms with E-state index in [2.05, 4.69) is 6.07 Å². The molecule has 2 atom stereocenters. The Balaban J connectivity index is 1.96. The summed E-state index contributed by atoms with van der Waals surface area (Å²) < 4.78 is 5.80. The molecule has 0 aromatic heterocycles. The molecule has 1 aliphatic heterocycles. The second kappa shape index (κ2) is 5.65. The molecule has 3 rings (SSSR count). The summed E-state index contributed by atoms with van der Waals surface area (Å²) in [5.41, 5.74) is 1.13. The van der Waals surface area contributed by atoms with Crippen LogP contribution < -0.4 is 4.74 Å². The van der Waals surface area contributed by atoms with Crippen LogP contribution in [0.15, 0.2) is 24.3 Å². The van der Waals surface area contributed by atoms with Crippen molar-refractivity contribution in [1.82, 2.24) is 4.90 Å². The summed E-state index contributed by atoms with van der Waals surface area (Å²) in [4.78, 5) is 14.5. The molecule has 1 aromatic carbocycles. The van der Waals surface area contributed by atoms with Gasteiger partial charge in [-0.2, -0.15) is 0 Å². The van der Waals surface area contributed by atoms with E-state index in [-0.39, 0.29) is 11.9 Å². The lowest BCUT2D eigenvalue weighted by Gasteiger charge is -2.33. The summed E-state index contributed by atoms with van der Waals surface area (Å²) in [6.45, 7) is 2.48. The average molecular weight is 294 g/mol. The number of para-hydroxylation sites is 1. The van der Waals surface area contributed by atoms with Gasteiger partial charge >= 0.3 is 0 Å². The fourth-order valence-corrected chi connectivity index (χ4v) is 3.05. The van der Waals surface area contributed by atoms with Gasteiger partial charge in [0.1, 0.15) is 11.1 Å². The summed E-state index contributed by atoms with van der Waals surface area (Å²) in [6.07, 6.45) is 4.10. The highest BCUT2D eigenvalue weighted by atomic mass is 35.5. The van der Waals surface area contributed by atoms with E-state index in [4.69, 9.17) is 16.3 Å². The molecule has 1 aliphatic carbocycles. The molecule has 0 saturated heterocycles. The van der Waals surface area contributed by atoms with Crippen molar-refractivity contribution in [2.45, 2.75) is 50.1 Å². The quantitative estimate of drug-likeness (QED) is 0.798. The molecule has 2 aliphatic rings. The highest BCUT2D eigenvalue weighted by molar-refractivity contribution is 6.30. The normalized spacial score (nSPS) is 23.2. The molecule has 1 saturated carbocycles. The third-order valence-electron chi connectivity index (χ3n) is 4.03. The highest BCUT2D eigenvalue weighted by Gasteiger charge is 2.40. The summed E-state index contributed by atoms with van der Waals surface area (Å²) in [6, 6.07) is 8.53. The molecule has 0 N–H and O–H groups in total. The molecule has 0 radical (unpaired) electrons. The van der Waals surface area contributed by atoms with Crippen molar-refractivity contribution in [1.29, 1.82) is 0 Å². The van der Waals surface area contributed by atoms with Crippen molar-refractivity contribution in [2.75, 3.05) is 6.61 Å². The zero-order valence-electron chi connectivity index (χ0n) is 11.7. The van der Waals surface area contributed by atoms with Gasteiger partial charge in [-0.05, 0) is 38.7 Å². The molecule has 1 aromatic rings. The Bertz CT molecular complexity index is 499. The van der Waals surface area contributed by atoms with E-state index in [9.17, 15) is 4.79 Å². The number of benzene rings is 1. The zero-order chi connectivity index (χ0) is 14.1. The van der Waals surface area contributed by atoms with Crippen LogP contribution >= 0.6 is 11.6 Å². The number of rotatable bonds is 3. The van der Waals surface area contributed by atoms with Crippen molar-refractivity contribution in [3.63, 3.8) is 0 Å². The Hall–Kier alpha value is -1.22. The molecule has 4 heteroatoms. The Morgan fingerprint density at radius 3 is 2.80 bits per heavy atom. The summed E-state index contributed by atoms with van der Waals surface area (Å²) in [5, 5.41) is -0.466. The van der Waals surface area contributed by atoms with E-state index in [0.29, 0.717) is 6.04 Å². The van der Waals surface area contributed by atoms with Gasteiger partial charge in [-0.25, -0.2) is 0 Å². The third-order valence-corrected chi connectivity index (χ3v) is 4.21. The van der Waals surface area contributed by atoms with E-state index < -0.39 is 5.38 Å². The number of carbonyl (C=O) groups is 1. The number of alkyl halides is 1. The highest BCUT2D eigenvalue weighted by Crippen LogP contribution is 2.41. The average Bonchev–Trinajstić information content (AvgIpc) is 3.27. The first-order valence-corrected chi connectivity index (χ1v) is 7.80. The van der Waals surface area contributed by atoms with Gasteiger partial charge in [0, 0.05) is 11.6 Å². The number of halogens is 1. The monoisotopic (exact) mass is 293 g/mol. The molecular weight excluding hydrogens is 274 g/mol. The van der Waals surface area contributed by atoms with Crippen molar-refractivity contribution < 1.29 is 9.53 Å². The maximum atomic E-state index is 12.5. The molecule has 0 bridgehead atoms. The third kappa shape index (κ3) is 2.64. The minimum Gasteiger partial charge on any atom is -0.493 e. The molecule has 1 amide bonds. The standard InChI is InChI=1S/C16H20ClNO2/c1-11(17)16(19)18(12-8-9-12)14-6-4-10-20-15-7-3-2-5-13(14)15/h2-3,5,7,11-12,14H,4,6,8-10H2,1H3. The maximum Gasteiger partial charge on any atom is 0.241 e. The molecular formula is C16H20ClNO2. The van der Waals surface area contributed by atoms with Crippen LogP contribution in [0.5, 0.6) is 5.75 Å². The first-order valence-electron chi connectivity index (χ1n) is 7.36. The molecule has 0 spiro atoms. The number of hydrogen-bond acceptors (Lipinski definition) is 2.